The standard InChI is InChI=1S/C20H23FN2O3S/c1-13-7-9-23(10-8-13)11-17(24)22-19-18(20(25)26-2)16(12-27-19)14-3-5-15(21)6-4-14/h3-6,12-13H,7-11H2,1-2H3,(H,22,24). The van der Waals surface area contributed by atoms with E-state index in [1.807, 2.05) is 0 Å². The molecule has 144 valence electrons. The highest BCUT2D eigenvalue weighted by molar-refractivity contribution is 7.15. The quantitative estimate of drug-likeness (QED) is 0.784. The van der Waals surface area contributed by atoms with Gasteiger partial charge in [0.25, 0.3) is 0 Å². The molecule has 0 unspecified atom stereocenters. The number of likely N-dealkylation sites (tertiary alicyclic amines) is 1. The Balaban J connectivity index is 1.77. The van der Waals surface area contributed by atoms with Crippen LogP contribution >= 0.6 is 11.3 Å². The Morgan fingerprint density at radius 2 is 1.93 bits per heavy atom. The molecule has 0 bridgehead atoms. The van der Waals surface area contributed by atoms with E-state index in [2.05, 4.69) is 17.1 Å². The molecule has 27 heavy (non-hydrogen) atoms. The fourth-order valence-corrected chi connectivity index (χ4v) is 4.16. The van der Waals surface area contributed by atoms with Crippen LogP contribution in [0.3, 0.4) is 0 Å². The predicted molar refractivity (Wildman–Crippen MR) is 105 cm³/mol. The number of piperidine rings is 1. The number of nitrogens with zero attached hydrogens (tertiary/aromatic N) is 1. The molecule has 3 rings (SSSR count). The zero-order valence-electron chi connectivity index (χ0n) is 15.5. The van der Waals surface area contributed by atoms with Crippen LogP contribution < -0.4 is 5.32 Å². The molecule has 1 aliphatic rings. The number of rotatable bonds is 5. The number of esters is 1. The molecule has 0 atom stereocenters. The third-order valence-electron chi connectivity index (χ3n) is 4.83. The summed E-state index contributed by atoms with van der Waals surface area (Å²) in [5.74, 6) is -0.330. The van der Waals surface area contributed by atoms with Crippen molar-refractivity contribution in [2.24, 2.45) is 5.92 Å². The van der Waals surface area contributed by atoms with E-state index in [1.54, 1.807) is 17.5 Å². The molecule has 1 amide bonds. The van der Waals surface area contributed by atoms with E-state index in [4.69, 9.17) is 4.74 Å². The Kier molecular flexibility index (Phi) is 6.23. The van der Waals surface area contributed by atoms with Crippen molar-refractivity contribution in [3.8, 4) is 11.1 Å². The monoisotopic (exact) mass is 390 g/mol. The summed E-state index contributed by atoms with van der Waals surface area (Å²) in [5, 5.41) is 5.08. The van der Waals surface area contributed by atoms with Gasteiger partial charge in [-0.05, 0) is 49.5 Å². The van der Waals surface area contributed by atoms with Gasteiger partial charge in [-0.1, -0.05) is 19.1 Å². The van der Waals surface area contributed by atoms with Crippen molar-refractivity contribution in [3.05, 3.63) is 41.0 Å². The minimum Gasteiger partial charge on any atom is -0.465 e. The Bertz CT molecular complexity index is 811. The number of nitrogens with one attached hydrogen (secondary N) is 1. The van der Waals surface area contributed by atoms with Crippen LogP contribution in [0.15, 0.2) is 29.6 Å². The fraction of sp³-hybridized carbons (Fsp3) is 0.400. The van der Waals surface area contributed by atoms with Crippen LogP contribution in [0, 0.1) is 11.7 Å². The third kappa shape index (κ3) is 4.73. The lowest BCUT2D eigenvalue weighted by molar-refractivity contribution is -0.117. The van der Waals surface area contributed by atoms with E-state index < -0.39 is 5.97 Å². The average molecular weight is 390 g/mol. The molecule has 1 N–H and O–H groups in total. The van der Waals surface area contributed by atoms with Gasteiger partial charge in [-0.2, -0.15) is 0 Å². The van der Waals surface area contributed by atoms with Crippen molar-refractivity contribution in [3.63, 3.8) is 0 Å². The van der Waals surface area contributed by atoms with E-state index in [-0.39, 0.29) is 11.7 Å². The second-order valence-corrected chi connectivity index (χ2v) is 7.74. The normalized spacial score (nSPS) is 15.5. The number of benzene rings is 1. The first-order valence-corrected chi connectivity index (χ1v) is 9.84. The van der Waals surface area contributed by atoms with Gasteiger partial charge in [0.1, 0.15) is 16.4 Å². The summed E-state index contributed by atoms with van der Waals surface area (Å²) in [6, 6.07) is 5.88. The van der Waals surface area contributed by atoms with Gasteiger partial charge in [-0.15, -0.1) is 11.3 Å². The number of anilines is 1. The second-order valence-electron chi connectivity index (χ2n) is 6.86. The summed E-state index contributed by atoms with van der Waals surface area (Å²) >= 11 is 1.26. The molecule has 2 heterocycles. The topological polar surface area (TPSA) is 58.6 Å². The van der Waals surface area contributed by atoms with Gasteiger partial charge >= 0.3 is 5.97 Å². The Morgan fingerprint density at radius 1 is 1.26 bits per heavy atom. The lowest BCUT2D eigenvalue weighted by Gasteiger charge is -2.29. The lowest BCUT2D eigenvalue weighted by atomic mass is 9.99. The summed E-state index contributed by atoms with van der Waals surface area (Å²) in [4.78, 5) is 26.9. The molecule has 1 fully saturated rings. The Labute approximate surface area is 162 Å². The van der Waals surface area contributed by atoms with Crippen molar-refractivity contribution in [2.75, 3.05) is 32.1 Å². The predicted octanol–water partition coefficient (Wildman–Crippen LogP) is 4.01. The van der Waals surface area contributed by atoms with Gasteiger partial charge < -0.3 is 10.1 Å². The van der Waals surface area contributed by atoms with E-state index in [1.165, 1.54) is 30.6 Å². The van der Waals surface area contributed by atoms with Gasteiger partial charge in [0.15, 0.2) is 0 Å². The number of halogens is 1. The molecule has 1 saturated heterocycles. The van der Waals surface area contributed by atoms with Gasteiger partial charge in [0.05, 0.1) is 13.7 Å². The maximum Gasteiger partial charge on any atom is 0.341 e. The zero-order chi connectivity index (χ0) is 19.4. The summed E-state index contributed by atoms with van der Waals surface area (Å²) in [5.41, 5.74) is 1.61. The summed E-state index contributed by atoms with van der Waals surface area (Å²) < 4.78 is 18.1. The first-order chi connectivity index (χ1) is 13.0. The number of carbonyl (C=O) groups excluding carboxylic acids is 2. The summed E-state index contributed by atoms with van der Waals surface area (Å²) in [6.45, 7) is 4.34. The third-order valence-corrected chi connectivity index (χ3v) is 5.73. The van der Waals surface area contributed by atoms with Crippen molar-refractivity contribution >= 4 is 28.2 Å². The Hall–Kier alpha value is -2.25. The van der Waals surface area contributed by atoms with Gasteiger partial charge in [-0.3, -0.25) is 9.69 Å². The number of amides is 1. The first kappa shape index (κ1) is 19.5. The van der Waals surface area contributed by atoms with E-state index in [9.17, 15) is 14.0 Å². The molecule has 1 aromatic heterocycles. The van der Waals surface area contributed by atoms with E-state index in [0.717, 1.165) is 25.9 Å². The maximum atomic E-state index is 13.2. The van der Waals surface area contributed by atoms with Crippen LogP contribution in [0.4, 0.5) is 9.39 Å². The highest BCUT2D eigenvalue weighted by atomic mass is 32.1. The molecular formula is C20H23FN2O3S. The number of carbonyl (C=O) groups is 2. The molecule has 1 aliphatic heterocycles. The lowest BCUT2D eigenvalue weighted by Crippen LogP contribution is -2.38. The van der Waals surface area contributed by atoms with Crippen LogP contribution in [-0.4, -0.2) is 43.5 Å². The molecule has 1 aromatic carbocycles. The highest BCUT2D eigenvalue weighted by Gasteiger charge is 2.24. The van der Waals surface area contributed by atoms with Gasteiger partial charge in [0, 0.05) is 10.9 Å². The molecule has 0 saturated carbocycles. The van der Waals surface area contributed by atoms with E-state index >= 15 is 0 Å². The van der Waals surface area contributed by atoms with Crippen LogP contribution in [0.1, 0.15) is 30.1 Å². The van der Waals surface area contributed by atoms with Crippen molar-refractivity contribution in [2.45, 2.75) is 19.8 Å². The minimum atomic E-state index is -0.530. The SMILES string of the molecule is COC(=O)c1c(-c2ccc(F)cc2)csc1NC(=O)CN1CCC(C)CC1. The smallest absolute Gasteiger partial charge is 0.341 e. The Morgan fingerprint density at radius 3 is 2.56 bits per heavy atom. The minimum absolute atomic E-state index is 0.151. The molecule has 0 aliphatic carbocycles. The number of thiophene rings is 1. The van der Waals surface area contributed by atoms with Crippen molar-refractivity contribution in [1.29, 1.82) is 0 Å². The van der Waals surface area contributed by atoms with Crippen LogP contribution in [-0.2, 0) is 9.53 Å². The fourth-order valence-electron chi connectivity index (χ4n) is 3.19. The number of hydrogen-bond donors (Lipinski definition) is 1. The molecule has 0 spiro atoms. The van der Waals surface area contributed by atoms with Crippen molar-refractivity contribution in [1.82, 2.24) is 4.90 Å². The number of ether oxygens (including phenoxy) is 1. The summed E-state index contributed by atoms with van der Waals surface area (Å²) in [7, 11) is 1.30. The molecule has 2 aromatic rings. The first-order valence-electron chi connectivity index (χ1n) is 8.96. The van der Waals surface area contributed by atoms with Crippen molar-refractivity contribution < 1.29 is 18.7 Å². The highest BCUT2D eigenvalue weighted by Crippen LogP contribution is 2.36. The van der Waals surface area contributed by atoms with Crippen LogP contribution in [0.25, 0.3) is 11.1 Å². The number of methoxy groups -OCH3 is 1. The molecule has 0 radical (unpaired) electrons. The van der Waals surface area contributed by atoms with E-state index in [0.29, 0.717) is 34.2 Å². The maximum absolute atomic E-state index is 13.2. The molecule has 7 heteroatoms. The van der Waals surface area contributed by atoms with Crippen LogP contribution in [0.2, 0.25) is 0 Å². The average Bonchev–Trinajstić information content (AvgIpc) is 3.07. The van der Waals surface area contributed by atoms with Crippen LogP contribution in [0.5, 0.6) is 0 Å². The second kappa shape index (κ2) is 8.63. The zero-order valence-corrected chi connectivity index (χ0v) is 16.3. The number of hydrogen-bond acceptors (Lipinski definition) is 5. The van der Waals surface area contributed by atoms with Gasteiger partial charge in [0.2, 0.25) is 5.91 Å². The molecular weight excluding hydrogens is 367 g/mol. The molecule has 5 nitrogen and oxygen atoms in total. The largest absolute Gasteiger partial charge is 0.465 e. The van der Waals surface area contributed by atoms with Gasteiger partial charge in [-0.25, -0.2) is 9.18 Å². The summed E-state index contributed by atoms with van der Waals surface area (Å²) in [6.07, 6.45) is 2.18.